The van der Waals surface area contributed by atoms with Crippen molar-refractivity contribution in [3.8, 4) is 11.5 Å². The number of halogens is 1. The molecule has 0 spiro atoms. The van der Waals surface area contributed by atoms with Gasteiger partial charge >= 0.3 is 0 Å². The van der Waals surface area contributed by atoms with Crippen molar-refractivity contribution in [2.45, 2.75) is 6.42 Å². The van der Waals surface area contributed by atoms with Crippen LogP contribution in [-0.4, -0.2) is 67.0 Å². The number of nitrogens with zero attached hydrogens (tertiary/aromatic N) is 4. The highest BCUT2D eigenvalue weighted by atomic mass is 19.1. The summed E-state index contributed by atoms with van der Waals surface area (Å²) in [5, 5.41) is 3.86. The summed E-state index contributed by atoms with van der Waals surface area (Å²) in [4.78, 5) is 15.7. The SMILES string of the molecule is NC(N)=Nc1nc(Cc2ccc3c(c2)OCO3)nc2cc(F)cc(NCCN3CCOCC3)c12. The topological polar surface area (TPSA) is 133 Å². The minimum Gasteiger partial charge on any atom is -0.454 e. The van der Waals surface area contributed by atoms with E-state index in [1.165, 1.54) is 12.1 Å². The molecule has 5 rings (SSSR count). The summed E-state index contributed by atoms with van der Waals surface area (Å²) in [6.07, 6.45) is 0.385. The Morgan fingerprint density at radius 2 is 1.91 bits per heavy atom. The zero-order valence-corrected chi connectivity index (χ0v) is 18.6. The molecule has 0 unspecified atom stereocenters. The second kappa shape index (κ2) is 9.65. The fourth-order valence-corrected chi connectivity index (χ4v) is 4.09. The van der Waals surface area contributed by atoms with Crippen LogP contribution in [0.4, 0.5) is 15.9 Å². The van der Waals surface area contributed by atoms with Crippen molar-refractivity contribution in [2.75, 3.05) is 51.5 Å². The Balaban J connectivity index is 1.45. The molecule has 0 saturated carbocycles. The lowest BCUT2D eigenvalue weighted by atomic mass is 10.1. The number of rotatable bonds is 7. The van der Waals surface area contributed by atoms with Crippen molar-refractivity contribution >= 4 is 28.4 Å². The van der Waals surface area contributed by atoms with E-state index in [1.54, 1.807) is 0 Å². The quantitative estimate of drug-likeness (QED) is 0.351. The average molecular weight is 468 g/mol. The normalized spacial score (nSPS) is 15.4. The van der Waals surface area contributed by atoms with Crippen molar-refractivity contribution in [3.63, 3.8) is 0 Å². The van der Waals surface area contributed by atoms with Crippen LogP contribution in [0.15, 0.2) is 35.3 Å². The number of aliphatic imine (C=N–C) groups is 1. The first-order valence-electron chi connectivity index (χ1n) is 11.1. The molecule has 1 saturated heterocycles. The molecule has 178 valence electrons. The molecule has 34 heavy (non-hydrogen) atoms. The van der Waals surface area contributed by atoms with E-state index in [-0.39, 0.29) is 18.6 Å². The molecule has 0 amide bonds. The van der Waals surface area contributed by atoms with Crippen LogP contribution in [0.1, 0.15) is 11.4 Å². The van der Waals surface area contributed by atoms with Crippen LogP contribution in [0.25, 0.3) is 10.9 Å². The van der Waals surface area contributed by atoms with Crippen molar-refractivity contribution in [2.24, 2.45) is 16.5 Å². The second-order valence-electron chi connectivity index (χ2n) is 8.09. The van der Waals surface area contributed by atoms with Gasteiger partial charge in [0, 0.05) is 38.7 Å². The molecule has 10 nitrogen and oxygen atoms in total. The van der Waals surface area contributed by atoms with Crippen molar-refractivity contribution in [1.29, 1.82) is 0 Å². The summed E-state index contributed by atoms with van der Waals surface area (Å²) < 4.78 is 30.7. The molecule has 0 atom stereocenters. The first-order chi connectivity index (χ1) is 16.5. The number of morpholine rings is 1. The molecular formula is C23H26FN7O3. The minimum atomic E-state index is -0.412. The first-order valence-corrected chi connectivity index (χ1v) is 11.1. The van der Waals surface area contributed by atoms with Crippen LogP contribution in [0.2, 0.25) is 0 Å². The summed E-state index contributed by atoms with van der Waals surface area (Å²) in [5.74, 6) is 1.55. The highest BCUT2D eigenvalue weighted by molar-refractivity contribution is 6.00. The molecule has 5 N–H and O–H groups in total. The van der Waals surface area contributed by atoms with Gasteiger partial charge in [-0.05, 0) is 23.8 Å². The molecule has 0 bridgehead atoms. The summed E-state index contributed by atoms with van der Waals surface area (Å²) in [7, 11) is 0. The van der Waals surface area contributed by atoms with Gasteiger partial charge in [0.2, 0.25) is 6.79 Å². The third-order valence-corrected chi connectivity index (χ3v) is 5.67. The maximum absolute atomic E-state index is 14.5. The van der Waals surface area contributed by atoms with E-state index in [1.807, 2.05) is 18.2 Å². The number of benzene rings is 2. The van der Waals surface area contributed by atoms with E-state index in [9.17, 15) is 4.39 Å². The maximum Gasteiger partial charge on any atom is 0.231 e. The number of aromatic nitrogens is 2. The highest BCUT2D eigenvalue weighted by Gasteiger charge is 2.17. The third kappa shape index (κ3) is 4.95. The maximum atomic E-state index is 14.5. The summed E-state index contributed by atoms with van der Waals surface area (Å²) in [6, 6.07) is 8.39. The number of hydrogen-bond donors (Lipinski definition) is 3. The van der Waals surface area contributed by atoms with Crippen LogP contribution in [0.5, 0.6) is 11.5 Å². The van der Waals surface area contributed by atoms with Gasteiger partial charge in [-0.15, -0.1) is 0 Å². The zero-order valence-electron chi connectivity index (χ0n) is 18.6. The number of hydrogen-bond acceptors (Lipinski definition) is 8. The Morgan fingerprint density at radius 1 is 1.09 bits per heavy atom. The predicted octanol–water partition coefficient (Wildman–Crippen LogP) is 1.74. The fourth-order valence-electron chi connectivity index (χ4n) is 4.09. The van der Waals surface area contributed by atoms with Crippen LogP contribution >= 0.6 is 0 Å². The van der Waals surface area contributed by atoms with Gasteiger partial charge in [-0.1, -0.05) is 6.07 Å². The number of anilines is 1. The van der Waals surface area contributed by atoms with Crippen LogP contribution < -0.4 is 26.3 Å². The summed E-state index contributed by atoms with van der Waals surface area (Å²) in [5.41, 5.74) is 13.2. The Kier molecular flexibility index (Phi) is 6.28. The number of guanidine groups is 1. The number of ether oxygens (including phenoxy) is 3. The van der Waals surface area contributed by atoms with Gasteiger partial charge in [0.1, 0.15) is 11.6 Å². The van der Waals surface area contributed by atoms with Crippen molar-refractivity contribution < 1.29 is 18.6 Å². The molecule has 2 aliphatic heterocycles. The molecule has 0 aliphatic carbocycles. The van der Waals surface area contributed by atoms with Crippen molar-refractivity contribution in [1.82, 2.24) is 14.9 Å². The van der Waals surface area contributed by atoms with E-state index in [0.717, 1.165) is 38.4 Å². The predicted molar refractivity (Wildman–Crippen MR) is 126 cm³/mol. The average Bonchev–Trinajstić information content (AvgIpc) is 3.27. The number of nitrogens with one attached hydrogen (secondary N) is 1. The molecule has 3 heterocycles. The van der Waals surface area contributed by atoms with Gasteiger partial charge in [-0.3, -0.25) is 4.90 Å². The highest BCUT2D eigenvalue weighted by Crippen LogP contribution is 2.34. The first kappa shape index (κ1) is 22.1. The van der Waals surface area contributed by atoms with E-state index >= 15 is 0 Å². The molecule has 3 aromatic rings. The molecule has 2 aromatic carbocycles. The summed E-state index contributed by atoms with van der Waals surface area (Å²) in [6.45, 7) is 4.78. The van der Waals surface area contributed by atoms with Gasteiger partial charge in [0.05, 0.1) is 29.8 Å². The van der Waals surface area contributed by atoms with E-state index in [2.05, 4.69) is 25.2 Å². The van der Waals surface area contributed by atoms with E-state index < -0.39 is 5.82 Å². The summed E-state index contributed by atoms with van der Waals surface area (Å²) >= 11 is 0. The fraction of sp³-hybridized carbons (Fsp3) is 0.348. The number of nitrogens with two attached hydrogens (primary N) is 2. The van der Waals surface area contributed by atoms with Gasteiger partial charge in [-0.2, -0.15) is 4.99 Å². The van der Waals surface area contributed by atoms with Crippen molar-refractivity contribution in [3.05, 3.63) is 47.5 Å². The van der Waals surface area contributed by atoms with E-state index in [4.69, 9.17) is 25.7 Å². The Bertz CT molecular complexity index is 1230. The molecule has 1 fully saturated rings. The number of fused-ring (bicyclic) bond motifs is 2. The molecule has 11 heteroatoms. The van der Waals surface area contributed by atoms with Gasteiger partial charge in [0.25, 0.3) is 0 Å². The van der Waals surface area contributed by atoms with Gasteiger partial charge < -0.3 is 31.0 Å². The molecular weight excluding hydrogens is 441 g/mol. The molecule has 0 radical (unpaired) electrons. The van der Waals surface area contributed by atoms with Crippen LogP contribution in [-0.2, 0) is 11.2 Å². The largest absolute Gasteiger partial charge is 0.454 e. The Labute approximate surface area is 195 Å². The monoisotopic (exact) mass is 467 g/mol. The smallest absolute Gasteiger partial charge is 0.231 e. The minimum absolute atomic E-state index is 0.141. The third-order valence-electron chi connectivity index (χ3n) is 5.67. The zero-order chi connectivity index (χ0) is 23.5. The van der Waals surface area contributed by atoms with Crippen LogP contribution in [0, 0.1) is 5.82 Å². The Morgan fingerprint density at radius 3 is 2.74 bits per heavy atom. The second-order valence-corrected chi connectivity index (χ2v) is 8.09. The lowest BCUT2D eigenvalue weighted by Crippen LogP contribution is -2.39. The van der Waals surface area contributed by atoms with Gasteiger partial charge in [0.15, 0.2) is 23.3 Å². The lowest BCUT2D eigenvalue weighted by molar-refractivity contribution is 0.0398. The lowest BCUT2D eigenvalue weighted by Gasteiger charge is -2.26. The standard InChI is InChI=1S/C23H26FN7O3/c24-15-11-16(27-3-4-31-5-7-32-8-6-31)21-17(12-15)28-20(29-22(21)30-23(25)26)10-14-1-2-18-19(9-14)34-13-33-18/h1-2,9,11-12,27H,3-8,10,13H2,(H4,25,26,28,29,30). The Hall–Kier alpha value is -3.70. The molecule has 2 aliphatic rings. The van der Waals surface area contributed by atoms with Crippen LogP contribution in [0.3, 0.4) is 0 Å². The van der Waals surface area contributed by atoms with Gasteiger partial charge in [-0.25, -0.2) is 14.4 Å². The molecule has 1 aromatic heterocycles. The van der Waals surface area contributed by atoms with E-state index in [0.29, 0.717) is 46.9 Å².